The Labute approximate surface area is 194 Å². The second-order valence-corrected chi connectivity index (χ2v) is 9.13. The average molecular weight is 436 g/mol. The third-order valence-corrected chi connectivity index (χ3v) is 6.24. The molecule has 1 saturated heterocycles. The van der Waals surface area contributed by atoms with Crippen molar-refractivity contribution in [1.82, 2.24) is 19.9 Å². The van der Waals surface area contributed by atoms with Gasteiger partial charge in [0.15, 0.2) is 17.5 Å². The molecule has 7 heteroatoms. The Kier molecular flexibility index (Phi) is 5.31. The fourth-order valence-electron chi connectivity index (χ4n) is 3.63. The fourth-order valence-corrected chi connectivity index (χ4v) is 3.63. The minimum Gasteiger partial charge on any atom is -0.399 e. The molecule has 2 aromatic carbocycles. The smallest absolute Gasteiger partial charge is 0.399 e. The monoisotopic (exact) mass is 436 g/mol. The lowest BCUT2D eigenvalue weighted by molar-refractivity contribution is 0.00578. The molecule has 0 saturated carbocycles. The number of nitrogens with zero attached hydrogens (tertiary/aromatic N) is 4. The molecule has 0 aliphatic carbocycles. The quantitative estimate of drug-likeness (QED) is 0.437. The fraction of sp³-hybridized carbons (Fsp3) is 0.231. The first kappa shape index (κ1) is 21.4. The molecule has 1 aliphatic rings. The van der Waals surface area contributed by atoms with Gasteiger partial charge in [0.2, 0.25) is 0 Å². The van der Waals surface area contributed by atoms with Gasteiger partial charge in [0.05, 0.1) is 11.2 Å². The summed E-state index contributed by atoms with van der Waals surface area (Å²) < 4.78 is 12.4. The zero-order valence-electron chi connectivity index (χ0n) is 19.2. The molecular formula is C26H25BN4O2. The molecule has 3 heterocycles. The van der Waals surface area contributed by atoms with E-state index in [0.29, 0.717) is 17.5 Å². The molecule has 2 aromatic heterocycles. The molecule has 6 nitrogen and oxygen atoms in total. The van der Waals surface area contributed by atoms with Gasteiger partial charge in [0.1, 0.15) is 0 Å². The number of benzene rings is 2. The molecule has 33 heavy (non-hydrogen) atoms. The molecule has 1 fully saturated rings. The zero-order valence-corrected chi connectivity index (χ0v) is 19.2. The Morgan fingerprint density at radius 2 is 1.06 bits per heavy atom. The second-order valence-electron chi connectivity index (χ2n) is 9.13. The molecular weight excluding hydrogens is 411 g/mol. The summed E-state index contributed by atoms with van der Waals surface area (Å²) in [5.74, 6) is 1.77. The van der Waals surface area contributed by atoms with Crippen LogP contribution in [0.3, 0.4) is 0 Å². The van der Waals surface area contributed by atoms with Gasteiger partial charge in [-0.3, -0.25) is 4.98 Å². The van der Waals surface area contributed by atoms with Gasteiger partial charge in [-0.1, -0.05) is 60.7 Å². The molecule has 0 N–H and O–H groups in total. The van der Waals surface area contributed by atoms with Gasteiger partial charge in [0, 0.05) is 34.5 Å². The van der Waals surface area contributed by atoms with Crippen LogP contribution in [-0.4, -0.2) is 38.3 Å². The first-order valence-corrected chi connectivity index (χ1v) is 11.0. The van der Waals surface area contributed by atoms with Crippen LogP contribution in [0.5, 0.6) is 0 Å². The van der Waals surface area contributed by atoms with Crippen LogP contribution in [0.2, 0.25) is 0 Å². The summed E-state index contributed by atoms with van der Waals surface area (Å²) in [6, 6.07) is 21.8. The molecule has 164 valence electrons. The number of pyridine rings is 1. The van der Waals surface area contributed by atoms with Crippen LogP contribution >= 0.6 is 0 Å². The van der Waals surface area contributed by atoms with Crippen molar-refractivity contribution in [2.45, 2.75) is 38.9 Å². The maximum atomic E-state index is 6.21. The van der Waals surface area contributed by atoms with Crippen molar-refractivity contribution in [1.29, 1.82) is 0 Å². The molecule has 5 rings (SSSR count). The van der Waals surface area contributed by atoms with Crippen LogP contribution in [0.1, 0.15) is 27.7 Å². The highest BCUT2D eigenvalue weighted by atomic mass is 16.7. The highest BCUT2D eigenvalue weighted by Gasteiger charge is 2.51. The van der Waals surface area contributed by atoms with E-state index in [0.717, 1.165) is 22.2 Å². The molecule has 0 unspecified atom stereocenters. The van der Waals surface area contributed by atoms with Gasteiger partial charge >= 0.3 is 7.12 Å². The normalized spacial score (nSPS) is 16.7. The Balaban J connectivity index is 1.59. The Hall–Kier alpha value is -3.42. The van der Waals surface area contributed by atoms with Gasteiger partial charge < -0.3 is 9.31 Å². The Morgan fingerprint density at radius 3 is 1.55 bits per heavy atom. The Morgan fingerprint density at radius 1 is 0.606 bits per heavy atom. The van der Waals surface area contributed by atoms with Crippen LogP contribution in [-0.2, 0) is 9.31 Å². The van der Waals surface area contributed by atoms with Crippen molar-refractivity contribution in [3.8, 4) is 34.2 Å². The lowest BCUT2D eigenvalue weighted by Gasteiger charge is -2.32. The number of aromatic nitrogens is 4. The molecule has 4 aromatic rings. The van der Waals surface area contributed by atoms with Crippen LogP contribution in [0.25, 0.3) is 34.2 Å². The van der Waals surface area contributed by atoms with Crippen molar-refractivity contribution >= 4 is 12.6 Å². The van der Waals surface area contributed by atoms with E-state index in [4.69, 9.17) is 24.3 Å². The van der Waals surface area contributed by atoms with Crippen molar-refractivity contribution in [3.63, 3.8) is 0 Å². The van der Waals surface area contributed by atoms with E-state index < -0.39 is 18.3 Å². The first-order valence-electron chi connectivity index (χ1n) is 11.0. The van der Waals surface area contributed by atoms with Crippen LogP contribution in [0.4, 0.5) is 0 Å². The topological polar surface area (TPSA) is 70.0 Å². The lowest BCUT2D eigenvalue weighted by Crippen LogP contribution is -2.41. The second kappa shape index (κ2) is 8.17. The predicted octanol–water partition coefficient (Wildman–Crippen LogP) is 4.57. The van der Waals surface area contributed by atoms with E-state index in [1.54, 1.807) is 12.4 Å². The van der Waals surface area contributed by atoms with Crippen LogP contribution < -0.4 is 5.46 Å². The number of hydrogen-bond acceptors (Lipinski definition) is 6. The van der Waals surface area contributed by atoms with Crippen molar-refractivity contribution in [3.05, 3.63) is 79.1 Å². The standard InChI is InChI=1S/C26H25BN4O2/c1-25(2)26(3,4)33-27(32-25)21-15-20(16-28-17-21)24-30-22(18-11-7-5-8-12-18)29-23(31-24)19-13-9-6-10-14-19/h5-17H,1-4H3. The number of rotatable bonds is 4. The minimum atomic E-state index is -0.508. The summed E-state index contributed by atoms with van der Waals surface area (Å²) in [4.78, 5) is 18.8. The Bertz CT molecular complexity index is 1210. The highest BCUT2D eigenvalue weighted by Crippen LogP contribution is 2.36. The van der Waals surface area contributed by atoms with E-state index in [1.165, 1.54) is 0 Å². The van der Waals surface area contributed by atoms with E-state index >= 15 is 0 Å². The molecule has 0 atom stereocenters. The molecule has 0 amide bonds. The SMILES string of the molecule is CC1(C)OB(c2cncc(-c3nc(-c4ccccc4)nc(-c4ccccc4)n3)c2)OC1(C)C. The summed E-state index contributed by atoms with van der Waals surface area (Å²) in [6.45, 7) is 8.14. The predicted molar refractivity (Wildman–Crippen MR) is 130 cm³/mol. The van der Waals surface area contributed by atoms with Crippen LogP contribution in [0, 0.1) is 0 Å². The molecule has 0 radical (unpaired) electrons. The summed E-state index contributed by atoms with van der Waals surface area (Å²) in [6.07, 6.45) is 3.52. The summed E-state index contributed by atoms with van der Waals surface area (Å²) in [5.41, 5.74) is 2.60. The van der Waals surface area contributed by atoms with E-state index in [-0.39, 0.29) is 0 Å². The van der Waals surface area contributed by atoms with Crippen molar-refractivity contribution < 1.29 is 9.31 Å². The van der Waals surface area contributed by atoms with E-state index in [2.05, 4.69) is 4.98 Å². The third-order valence-electron chi connectivity index (χ3n) is 6.24. The van der Waals surface area contributed by atoms with Crippen molar-refractivity contribution in [2.75, 3.05) is 0 Å². The largest absolute Gasteiger partial charge is 0.496 e. The number of hydrogen-bond donors (Lipinski definition) is 0. The summed E-state index contributed by atoms with van der Waals surface area (Å²) in [5, 5.41) is 0. The van der Waals surface area contributed by atoms with Gasteiger partial charge in [0.25, 0.3) is 0 Å². The first-order chi connectivity index (χ1) is 15.8. The summed E-state index contributed by atoms with van der Waals surface area (Å²) >= 11 is 0. The van der Waals surface area contributed by atoms with Gasteiger partial charge in [-0.15, -0.1) is 0 Å². The molecule has 1 aliphatic heterocycles. The lowest BCUT2D eigenvalue weighted by atomic mass is 9.80. The maximum Gasteiger partial charge on any atom is 0.496 e. The maximum absolute atomic E-state index is 6.21. The van der Waals surface area contributed by atoms with E-state index in [1.807, 2.05) is 94.4 Å². The van der Waals surface area contributed by atoms with Gasteiger partial charge in [-0.05, 0) is 33.8 Å². The third kappa shape index (κ3) is 4.17. The van der Waals surface area contributed by atoms with Gasteiger partial charge in [-0.2, -0.15) is 0 Å². The summed E-state index contributed by atoms with van der Waals surface area (Å²) in [7, 11) is -0.508. The highest BCUT2D eigenvalue weighted by molar-refractivity contribution is 6.62. The van der Waals surface area contributed by atoms with E-state index in [9.17, 15) is 0 Å². The van der Waals surface area contributed by atoms with Gasteiger partial charge in [-0.25, -0.2) is 15.0 Å². The minimum absolute atomic E-state index is 0.429. The molecule has 0 bridgehead atoms. The zero-order chi connectivity index (χ0) is 23.1. The van der Waals surface area contributed by atoms with Crippen LogP contribution in [0.15, 0.2) is 79.1 Å². The molecule has 0 spiro atoms. The average Bonchev–Trinajstić information content (AvgIpc) is 3.07. The van der Waals surface area contributed by atoms with Crippen molar-refractivity contribution in [2.24, 2.45) is 0 Å².